The van der Waals surface area contributed by atoms with Crippen molar-refractivity contribution < 1.29 is 4.79 Å². The average molecular weight is 385 g/mol. The van der Waals surface area contributed by atoms with Crippen molar-refractivity contribution in [1.82, 2.24) is 10.6 Å². The first-order valence-corrected chi connectivity index (χ1v) is 9.72. The fourth-order valence-corrected chi connectivity index (χ4v) is 3.61. The molecule has 0 radical (unpaired) electrons. The number of hydrogen-bond donors (Lipinski definition) is 2. The number of amides is 1. The van der Waals surface area contributed by atoms with Crippen LogP contribution in [0.5, 0.6) is 0 Å². The average Bonchev–Trinajstić information content (AvgIpc) is 3.17. The zero-order valence-corrected chi connectivity index (χ0v) is 16.1. The van der Waals surface area contributed by atoms with Gasteiger partial charge in [0.1, 0.15) is 0 Å². The highest BCUT2D eigenvalue weighted by Gasteiger charge is 2.16. The molecule has 0 unspecified atom stereocenters. The van der Waals surface area contributed by atoms with Crippen LogP contribution in [0.3, 0.4) is 0 Å². The van der Waals surface area contributed by atoms with Crippen LogP contribution < -0.4 is 10.6 Å². The van der Waals surface area contributed by atoms with Gasteiger partial charge >= 0.3 is 0 Å². The number of carbonyl (C=O) groups is 1. The summed E-state index contributed by atoms with van der Waals surface area (Å²) in [5.74, 6) is -0.0337. The van der Waals surface area contributed by atoms with E-state index in [0.717, 1.165) is 11.1 Å². The van der Waals surface area contributed by atoms with Gasteiger partial charge in [0.05, 0.1) is 12.6 Å². The monoisotopic (exact) mass is 384 g/mol. The van der Waals surface area contributed by atoms with Crippen LogP contribution >= 0.6 is 22.9 Å². The van der Waals surface area contributed by atoms with Crippen molar-refractivity contribution in [3.63, 3.8) is 0 Å². The molecular formula is C21H21ClN2OS. The lowest BCUT2D eigenvalue weighted by atomic mass is 10.0. The first kappa shape index (κ1) is 18.6. The summed E-state index contributed by atoms with van der Waals surface area (Å²) >= 11 is 7.57. The van der Waals surface area contributed by atoms with Crippen LogP contribution in [0.25, 0.3) is 0 Å². The summed E-state index contributed by atoms with van der Waals surface area (Å²) in [5.41, 5.74) is 3.40. The maximum atomic E-state index is 12.2. The summed E-state index contributed by atoms with van der Waals surface area (Å²) < 4.78 is 0. The van der Waals surface area contributed by atoms with E-state index >= 15 is 0 Å². The molecule has 0 aliphatic rings. The van der Waals surface area contributed by atoms with E-state index in [1.807, 2.05) is 30.3 Å². The second kappa shape index (κ2) is 8.99. The van der Waals surface area contributed by atoms with E-state index in [0.29, 0.717) is 11.6 Å². The molecule has 0 fully saturated rings. The van der Waals surface area contributed by atoms with Crippen LogP contribution in [0.4, 0.5) is 0 Å². The van der Waals surface area contributed by atoms with Crippen LogP contribution in [0.15, 0.2) is 66.0 Å². The molecule has 0 aliphatic carbocycles. The molecule has 1 aromatic heterocycles. The molecule has 0 aliphatic heterocycles. The Morgan fingerprint density at radius 1 is 1.08 bits per heavy atom. The van der Waals surface area contributed by atoms with Crippen molar-refractivity contribution in [2.75, 3.05) is 6.54 Å². The Hall–Kier alpha value is -2.14. The predicted molar refractivity (Wildman–Crippen MR) is 109 cm³/mol. The minimum Gasteiger partial charge on any atom is -0.351 e. The summed E-state index contributed by atoms with van der Waals surface area (Å²) in [4.78, 5) is 13.4. The lowest BCUT2D eigenvalue weighted by Crippen LogP contribution is -2.35. The quantitative estimate of drug-likeness (QED) is 0.619. The van der Waals surface area contributed by atoms with Gasteiger partial charge in [-0.05, 0) is 41.6 Å². The van der Waals surface area contributed by atoms with Gasteiger partial charge in [0, 0.05) is 16.4 Å². The van der Waals surface area contributed by atoms with Gasteiger partial charge in [-0.3, -0.25) is 10.1 Å². The smallest absolute Gasteiger partial charge is 0.234 e. The molecule has 0 saturated heterocycles. The molecule has 2 aromatic carbocycles. The molecule has 0 spiro atoms. The molecule has 3 nitrogen and oxygen atoms in total. The highest BCUT2D eigenvalue weighted by atomic mass is 35.5. The number of rotatable bonds is 7. The molecule has 3 rings (SSSR count). The Balaban J connectivity index is 1.59. The Morgan fingerprint density at radius 3 is 2.46 bits per heavy atom. The number of aryl methyl sites for hydroxylation is 1. The number of nitrogens with one attached hydrogen (secondary N) is 2. The summed E-state index contributed by atoms with van der Waals surface area (Å²) in [6.07, 6.45) is 0. The Kier molecular flexibility index (Phi) is 6.45. The molecule has 1 atom stereocenters. The van der Waals surface area contributed by atoms with Crippen LogP contribution in [0, 0.1) is 6.92 Å². The Bertz CT molecular complexity index is 829. The molecule has 26 heavy (non-hydrogen) atoms. The normalized spacial score (nSPS) is 11.9. The van der Waals surface area contributed by atoms with Gasteiger partial charge < -0.3 is 5.32 Å². The predicted octanol–water partition coefficient (Wildman–Crippen LogP) is 4.71. The molecule has 134 valence electrons. The second-order valence-electron chi connectivity index (χ2n) is 6.14. The fourth-order valence-electron chi connectivity index (χ4n) is 2.66. The summed E-state index contributed by atoms with van der Waals surface area (Å²) in [6, 6.07) is 20.0. The van der Waals surface area contributed by atoms with Crippen LogP contribution in [0.2, 0.25) is 5.02 Å². The highest BCUT2D eigenvalue weighted by molar-refractivity contribution is 7.10. The van der Waals surface area contributed by atoms with E-state index in [2.05, 4.69) is 53.3 Å². The van der Waals surface area contributed by atoms with Crippen molar-refractivity contribution in [2.45, 2.75) is 19.5 Å². The number of benzene rings is 2. The summed E-state index contributed by atoms with van der Waals surface area (Å²) in [5, 5.41) is 9.07. The number of carbonyl (C=O) groups excluding carboxylic acids is 1. The van der Waals surface area contributed by atoms with E-state index in [9.17, 15) is 4.79 Å². The Labute approximate surface area is 163 Å². The van der Waals surface area contributed by atoms with Gasteiger partial charge in [-0.2, -0.15) is 0 Å². The Morgan fingerprint density at radius 2 is 1.81 bits per heavy atom. The number of halogens is 1. The van der Waals surface area contributed by atoms with E-state index in [-0.39, 0.29) is 18.5 Å². The van der Waals surface area contributed by atoms with E-state index in [1.54, 1.807) is 11.3 Å². The third-order valence-corrected chi connectivity index (χ3v) is 5.30. The molecule has 1 amide bonds. The van der Waals surface area contributed by atoms with Crippen molar-refractivity contribution in [3.05, 3.63) is 92.6 Å². The van der Waals surface area contributed by atoms with Crippen molar-refractivity contribution >= 4 is 28.8 Å². The van der Waals surface area contributed by atoms with Gasteiger partial charge in [-0.25, -0.2) is 0 Å². The van der Waals surface area contributed by atoms with Gasteiger partial charge in [-0.15, -0.1) is 11.3 Å². The molecule has 0 bridgehead atoms. The first-order valence-electron chi connectivity index (χ1n) is 8.46. The highest BCUT2D eigenvalue weighted by Crippen LogP contribution is 2.26. The minimum absolute atomic E-state index is 0.0110. The van der Waals surface area contributed by atoms with Crippen LogP contribution in [-0.4, -0.2) is 12.5 Å². The molecule has 0 saturated carbocycles. The van der Waals surface area contributed by atoms with Crippen LogP contribution in [-0.2, 0) is 11.3 Å². The third kappa shape index (κ3) is 5.18. The van der Waals surface area contributed by atoms with E-state index in [4.69, 9.17) is 11.6 Å². The first-order chi connectivity index (χ1) is 12.6. The lowest BCUT2D eigenvalue weighted by Gasteiger charge is -2.18. The van der Waals surface area contributed by atoms with E-state index in [1.165, 1.54) is 10.4 Å². The van der Waals surface area contributed by atoms with E-state index < -0.39 is 0 Å². The fraction of sp³-hybridized carbons (Fsp3) is 0.190. The summed E-state index contributed by atoms with van der Waals surface area (Å²) in [6.45, 7) is 2.82. The molecule has 5 heteroatoms. The topological polar surface area (TPSA) is 41.1 Å². The van der Waals surface area contributed by atoms with Crippen LogP contribution in [0.1, 0.15) is 27.6 Å². The minimum atomic E-state index is -0.0337. The van der Waals surface area contributed by atoms with Crippen molar-refractivity contribution in [1.29, 1.82) is 0 Å². The largest absolute Gasteiger partial charge is 0.351 e. The van der Waals surface area contributed by atoms with Gasteiger partial charge in [-0.1, -0.05) is 59.6 Å². The number of hydrogen-bond acceptors (Lipinski definition) is 3. The summed E-state index contributed by atoms with van der Waals surface area (Å²) in [7, 11) is 0. The molecule has 1 heterocycles. The lowest BCUT2D eigenvalue weighted by molar-refractivity contribution is -0.120. The molecule has 2 N–H and O–H groups in total. The molecular weight excluding hydrogens is 364 g/mol. The van der Waals surface area contributed by atoms with Crippen molar-refractivity contribution in [2.24, 2.45) is 0 Å². The zero-order valence-electron chi connectivity index (χ0n) is 14.5. The number of thiophene rings is 1. The second-order valence-corrected chi connectivity index (χ2v) is 7.56. The molecule has 3 aromatic rings. The maximum absolute atomic E-state index is 12.2. The SMILES string of the molecule is Cc1ccc([C@H](NCC(=O)NCc2ccc(Cl)cc2)c2cccs2)cc1. The maximum Gasteiger partial charge on any atom is 0.234 e. The third-order valence-electron chi connectivity index (χ3n) is 4.11. The van der Waals surface area contributed by atoms with Gasteiger partial charge in [0.2, 0.25) is 5.91 Å². The standard InChI is InChI=1S/C21H21ClN2OS/c1-15-4-8-17(9-5-15)21(19-3-2-12-26-19)24-14-20(25)23-13-16-6-10-18(22)11-7-16/h2-12,21,24H,13-14H2,1H3,(H,23,25)/t21-/m0/s1. The van der Waals surface area contributed by atoms with Gasteiger partial charge in [0.25, 0.3) is 0 Å². The van der Waals surface area contributed by atoms with Gasteiger partial charge in [0.15, 0.2) is 0 Å². The van der Waals surface area contributed by atoms with Crippen molar-refractivity contribution in [3.8, 4) is 0 Å². The zero-order chi connectivity index (χ0) is 18.4.